The molecule has 1 unspecified atom stereocenters. The Morgan fingerprint density at radius 2 is 1.79 bits per heavy atom. The highest BCUT2D eigenvalue weighted by Gasteiger charge is 2.68. The largest absolute Gasteiger partial charge is 0.363 e. The minimum absolute atomic E-state index is 0.0941. The van der Waals surface area contributed by atoms with Crippen molar-refractivity contribution in [2.45, 2.75) is 109 Å². The molecule has 0 radical (unpaired) electrons. The lowest BCUT2D eigenvalue weighted by molar-refractivity contribution is -0.242. The number of aromatic amines is 1. The second kappa shape index (κ2) is 8.72. The van der Waals surface area contributed by atoms with Crippen LogP contribution in [0.25, 0.3) is 5.57 Å². The summed E-state index contributed by atoms with van der Waals surface area (Å²) in [6, 6.07) is 5.93. The summed E-state index contributed by atoms with van der Waals surface area (Å²) < 4.78 is 19.3. The molecule has 2 N–H and O–H groups in total. The number of carbonyl (C=O) groups excluding carboxylic acids is 1. The Morgan fingerprint density at radius 3 is 2.38 bits per heavy atom. The van der Waals surface area contributed by atoms with E-state index in [4.69, 9.17) is 24.5 Å². The van der Waals surface area contributed by atoms with Gasteiger partial charge in [0, 0.05) is 11.6 Å². The number of nitrogens with zero attached hydrogens (tertiary/aromatic N) is 3. The topological polar surface area (TPSA) is 122 Å². The monoisotopic (exact) mass is 531 g/mol. The lowest BCUT2D eigenvalue weighted by atomic mass is 9.77. The molecule has 39 heavy (non-hydrogen) atoms. The highest BCUT2D eigenvalue weighted by Crippen LogP contribution is 2.58. The summed E-state index contributed by atoms with van der Waals surface area (Å²) in [7, 11) is 0. The van der Waals surface area contributed by atoms with E-state index in [2.05, 4.69) is 49.1 Å². The van der Waals surface area contributed by atoms with Gasteiger partial charge in [0.15, 0.2) is 11.6 Å². The molecule has 0 spiro atoms. The van der Waals surface area contributed by atoms with E-state index in [9.17, 15) is 4.79 Å². The number of imidazole rings is 1. The number of rotatable bonds is 4. The molecule has 2 bridgehead atoms. The van der Waals surface area contributed by atoms with Gasteiger partial charge in [-0.3, -0.25) is 9.78 Å². The van der Waals surface area contributed by atoms with Gasteiger partial charge < -0.3 is 24.5 Å². The number of carbonyl (C=O) groups is 1. The van der Waals surface area contributed by atoms with Crippen LogP contribution in [-0.4, -0.2) is 50.1 Å². The number of nitriles is 1. The highest BCUT2D eigenvalue weighted by atomic mass is 16.8. The average Bonchev–Trinajstić information content (AvgIpc) is 3.52. The summed E-state index contributed by atoms with van der Waals surface area (Å²) in [4.78, 5) is 25.0. The first-order valence-corrected chi connectivity index (χ1v) is 13.8. The number of nitrogens with one attached hydrogen (secondary N) is 2. The second-order valence-electron chi connectivity index (χ2n) is 13.3. The molecule has 6 rings (SSSR count). The molecule has 5 heterocycles. The fraction of sp³-hybridized carbons (Fsp3) is 0.600. The minimum atomic E-state index is -0.622. The van der Waals surface area contributed by atoms with Crippen LogP contribution in [-0.2, 0) is 14.2 Å². The number of fused-ring (bicyclic) bond motifs is 5. The number of hydrogen-bond donors (Lipinski definition) is 2. The van der Waals surface area contributed by atoms with Crippen molar-refractivity contribution in [1.29, 1.82) is 5.26 Å². The van der Waals surface area contributed by atoms with Crippen molar-refractivity contribution in [3.05, 3.63) is 47.3 Å². The second-order valence-corrected chi connectivity index (χ2v) is 13.3. The van der Waals surface area contributed by atoms with E-state index in [1.807, 2.05) is 32.0 Å². The third-order valence-corrected chi connectivity index (χ3v) is 8.84. The van der Waals surface area contributed by atoms with Crippen LogP contribution < -0.4 is 5.32 Å². The number of aromatic nitrogens is 3. The number of ether oxygens (including phenoxy) is 3. The molecule has 4 aliphatic rings. The summed E-state index contributed by atoms with van der Waals surface area (Å²) in [5.41, 5.74) is 3.09. The maximum absolute atomic E-state index is 13.0. The smallest absolute Gasteiger partial charge is 0.291 e. The van der Waals surface area contributed by atoms with Crippen molar-refractivity contribution in [1.82, 2.24) is 15.0 Å². The molecular formula is C30H37N5O4. The van der Waals surface area contributed by atoms with Crippen LogP contribution in [0.1, 0.15) is 107 Å². The van der Waals surface area contributed by atoms with Gasteiger partial charge in [-0.25, -0.2) is 4.98 Å². The van der Waals surface area contributed by atoms with Crippen molar-refractivity contribution >= 4 is 17.2 Å². The van der Waals surface area contributed by atoms with E-state index in [0.29, 0.717) is 5.69 Å². The van der Waals surface area contributed by atoms with Crippen LogP contribution in [0.4, 0.5) is 5.69 Å². The maximum atomic E-state index is 13.0. The molecule has 3 fully saturated rings. The van der Waals surface area contributed by atoms with E-state index in [0.717, 1.165) is 49.1 Å². The van der Waals surface area contributed by atoms with Gasteiger partial charge in [-0.2, -0.15) is 5.26 Å². The first-order chi connectivity index (χ1) is 18.3. The fourth-order valence-electron chi connectivity index (χ4n) is 6.89. The standard InChI is InChI=1S/C30H37N5O4/c1-27(2)11-9-17(10-12-27)22-21(35-26(36)25-32-16-19(15-31)33-25)8-7-20(34-22)18-13-29(5)23-24(30(6,14-18)39-29)38-28(3,4)37-23/h7-9,16,18,23-24H,10-14H2,1-6H3,(H,32,33)(H,35,36)/t18?,23-,24+,29+,30-. The lowest BCUT2D eigenvalue weighted by Gasteiger charge is -2.43. The first-order valence-electron chi connectivity index (χ1n) is 13.8. The Bertz CT molecular complexity index is 1380. The molecular weight excluding hydrogens is 494 g/mol. The SMILES string of the molecule is CC1(C)CC=C(c2nc(C3C[C@@]4(C)O[C@@](C)(C3)[C@@H]3OC(C)(C)O[C@@H]34)ccc2NC(=O)c2ncc(C#N)[nH]2)CC1. The van der Waals surface area contributed by atoms with Gasteiger partial charge in [-0.1, -0.05) is 19.9 Å². The Hall–Kier alpha value is -3.06. The van der Waals surface area contributed by atoms with Gasteiger partial charge in [0.1, 0.15) is 24.0 Å². The van der Waals surface area contributed by atoms with Crippen LogP contribution in [0.3, 0.4) is 0 Å². The Balaban J connectivity index is 1.33. The summed E-state index contributed by atoms with van der Waals surface area (Å²) in [5, 5.41) is 12.1. The van der Waals surface area contributed by atoms with E-state index in [1.165, 1.54) is 6.20 Å². The zero-order valence-electron chi connectivity index (χ0n) is 23.6. The van der Waals surface area contributed by atoms with Crippen LogP contribution in [0.15, 0.2) is 24.4 Å². The van der Waals surface area contributed by atoms with E-state index in [1.54, 1.807) is 0 Å². The molecule has 5 atom stereocenters. The Kier molecular flexibility index (Phi) is 5.85. The summed E-state index contributed by atoms with van der Waals surface area (Å²) in [6.45, 7) is 12.8. The van der Waals surface area contributed by atoms with Crippen molar-refractivity contribution < 1.29 is 19.0 Å². The van der Waals surface area contributed by atoms with E-state index in [-0.39, 0.29) is 35.1 Å². The van der Waals surface area contributed by atoms with Gasteiger partial charge in [0.2, 0.25) is 0 Å². The highest BCUT2D eigenvalue weighted by molar-refractivity contribution is 6.03. The van der Waals surface area contributed by atoms with E-state index >= 15 is 0 Å². The summed E-state index contributed by atoms with van der Waals surface area (Å²) >= 11 is 0. The van der Waals surface area contributed by atoms with Crippen molar-refractivity contribution in [3.8, 4) is 6.07 Å². The molecule has 1 aliphatic carbocycles. The Morgan fingerprint density at radius 1 is 1.10 bits per heavy atom. The fourth-order valence-corrected chi connectivity index (χ4v) is 6.89. The maximum Gasteiger partial charge on any atom is 0.291 e. The number of allylic oxidation sites excluding steroid dienone is 2. The molecule has 3 saturated heterocycles. The quantitative estimate of drug-likeness (QED) is 0.537. The predicted octanol–water partition coefficient (Wildman–Crippen LogP) is 5.47. The number of amides is 1. The number of H-pyrrole nitrogens is 1. The molecule has 2 aromatic rings. The van der Waals surface area contributed by atoms with E-state index < -0.39 is 22.9 Å². The average molecular weight is 532 g/mol. The van der Waals surface area contributed by atoms with Crippen LogP contribution in [0.2, 0.25) is 0 Å². The number of hydrogen-bond acceptors (Lipinski definition) is 7. The summed E-state index contributed by atoms with van der Waals surface area (Å²) in [5.74, 6) is -0.778. The molecule has 206 valence electrons. The number of anilines is 1. The molecule has 0 saturated carbocycles. The molecule has 1 amide bonds. The van der Waals surface area contributed by atoms with Crippen molar-refractivity contribution in [3.63, 3.8) is 0 Å². The minimum Gasteiger partial charge on any atom is -0.363 e. The van der Waals surface area contributed by atoms with Crippen LogP contribution in [0.5, 0.6) is 0 Å². The Labute approximate surface area is 229 Å². The van der Waals surface area contributed by atoms with Gasteiger partial charge in [-0.15, -0.1) is 0 Å². The zero-order valence-corrected chi connectivity index (χ0v) is 23.6. The third kappa shape index (κ3) is 4.58. The molecule has 0 aromatic carbocycles. The zero-order chi connectivity index (χ0) is 27.8. The van der Waals surface area contributed by atoms with Crippen molar-refractivity contribution in [2.24, 2.45) is 5.41 Å². The lowest BCUT2D eigenvalue weighted by Crippen LogP contribution is -2.46. The van der Waals surface area contributed by atoms with Crippen LogP contribution in [0, 0.1) is 16.7 Å². The van der Waals surface area contributed by atoms with Gasteiger partial charge in [-0.05, 0) is 82.9 Å². The third-order valence-electron chi connectivity index (χ3n) is 8.84. The number of pyridine rings is 1. The molecule has 9 nitrogen and oxygen atoms in total. The molecule has 2 aromatic heterocycles. The van der Waals surface area contributed by atoms with Gasteiger partial charge in [0.05, 0.1) is 28.8 Å². The van der Waals surface area contributed by atoms with Crippen LogP contribution >= 0.6 is 0 Å². The van der Waals surface area contributed by atoms with Gasteiger partial charge in [0.25, 0.3) is 5.91 Å². The predicted molar refractivity (Wildman–Crippen MR) is 145 cm³/mol. The first kappa shape index (κ1) is 26.2. The molecule has 3 aliphatic heterocycles. The summed E-state index contributed by atoms with van der Waals surface area (Å²) in [6.07, 6.45) is 7.79. The normalized spacial score (nSPS) is 34.2. The molecule has 9 heteroatoms. The van der Waals surface area contributed by atoms with Gasteiger partial charge >= 0.3 is 0 Å². The van der Waals surface area contributed by atoms with Crippen molar-refractivity contribution in [2.75, 3.05) is 5.32 Å².